The van der Waals surface area contributed by atoms with Crippen LogP contribution < -0.4 is 11.1 Å². The van der Waals surface area contributed by atoms with Crippen molar-refractivity contribution >= 4 is 5.69 Å². The highest BCUT2D eigenvalue weighted by Gasteiger charge is 2.00. The number of nitrogens with zero attached hydrogens (tertiary/aromatic N) is 1. The third-order valence-corrected chi connectivity index (χ3v) is 2.82. The van der Waals surface area contributed by atoms with Crippen LogP contribution in [0.5, 0.6) is 0 Å². The first-order valence-corrected chi connectivity index (χ1v) is 6.35. The molecule has 0 saturated heterocycles. The van der Waals surface area contributed by atoms with Crippen molar-refractivity contribution in [1.82, 2.24) is 5.16 Å². The van der Waals surface area contributed by atoms with Crippen molar-refractivity contribution < 1.29 is 4.52 Å². The van der Waals surface area contributed by atoms with Gasteiger partial charge >= 0.3 is 0 Å². The Bertz CT molecular complexity index is 437. The molecule has 0 atom stereocenters. The summed E-state index contributed by atoms with van der Waals surface area (Å²) in [6.45, 7) is 1.77. The molecule has 0 fully saturated rings. The van der Waals surface area contributed by atoms with Crippen molar-refractivity contribution in [3.05, 3.63) is 36.5 Å². The zero-order valence-corrected chi connectivity index (χ0v) is 10.4. The van der Waals surface area contributed by atoms with E-state index in [2.05, 4.69) is 22.6 Å². The second kappa shape index (κ2) is 6.81. The maximum Gasteiger partial charge on any atom is 0.166 e. The number of anilines is 1. The summed E-state index contributed by atoms with van der Waals surface area (Å²) < 4.78 is 5.10. The lowest BCUT2D eigenvalue weighted by Gasteiger charge is -2.06. The molecular weight excluding hydrogens is 226 g/mol. The van der Waals surface area contributed by atoms with Crippen molar-refractivity contribution in [2.24, 2.45) is 5.73 Å². The monoisotopic (exact) mass is 245 g/mol. The lowest BCUT2D eigenvalue weighted by molar-refractivity contribution is 0.432. The summed E-state index contributed by atoms with van der Waals surface area (Å²) in [6.07, 6.45) is 5.09. The lowest BCUT2D eigenvalue weighted by Crippen LogP contribution is -2.03. The molecule has 1 aromatic carbocycles. The van der Waals surface area contributed by atoms with Gasteiger partial charge in [-0.1, -0.05) is 11.6 Å². The van der Waals surface area contributed by atoms with Crippen LogP contribution in [0.2, 0.25) is 0 Å². The Labute approximate surface area is 107 Å². The highest BCUT2D eigenvalue weighted by molar-refractivity contribution is 5.60. The van der Waals surface area contributed by atoms with Crippen LogP contribution in [0.3, 0.4) is 0 Å². The van der Waals surface area contributed by atoms with Crippen LogP contribution in [0.15, 0.2) is 41.1 Å². The molecule has 4 heteroatoms. The quantitative estimate of drug-likeness (QED) is 0.736. The van der Waals surface area contributed by atoms with E-state index in [0.29, 0.717) is 0 Å². The number of rotatable bonds is 7. The first kappa shape index (κ1) is 12.6. The van der Waals surface area contributed by atoms with Gasteiger partial charge in [-0.2, -0.15) is 0 Å². The molecule has 96 valence electrons. The van der Waals surface area contributed by atoms with Crippen molar-refractivity contribution in [1.29, 1.82) is 0 Å². The molecule has 0 aliphatic heterocycles. The predicted molar refractivity (Wildman–Crippen MR) is 73.3 cm³/mol. The van der Waals surface area contributed by atoms with E-state index < -0.39 is 0 Å². The second-order valence-corrected chi connectivity index (χ2v) is 4.23. The fourth-order valence-corrected chi connectivity index (χ4v) is 1.80. The smallest absolute Gasteiger partial charge is 0.166 e. The van der Waals surface area contributed by atoms with Crippen molar-refractivity contribution in [2.45, 2.75) is 19.3 Å². The number of aromatic nitrogens is 1. The molecule has 3 N–H and O–H groups in total. The summed E-state index contributed by atoms with van der Waals surface area (Å²) >= 11 is 0. The zero-order chi connectivity index (χ0) is 12.6. The van der Waals surface area contributed by atoms with Crippen LogP contribution in [-0.4, -0.2) is 18.2 Å². The largest absolute Gasteiger partial charge is 0.385 e. The van der Waals surface area contributed by atoms with Crippen molar-refractivity contribution in [3.8, 4) is 11.3 Å². The molecule has 0 unspecified atom stereocenters. The third-order valence-electron chi connectivity index (χ3n) is 2.82. The Morgan fingerprint density at radius 3 is 2.56 bits per heavy atom. The number of hydrogen-bond acceptors (Lipinski definition) is 4. The Kier molecular flexibility index (Phi) is 4.78. The first-order chi connectivity index (χ1) is 8.90. The molecule has 0 saturated carbocycles. The number of nitrogens with one attached hydrogen (secondary N) is 1. The van der Waals surface area contributed by atoms with E-state index in [1.54, 1.807) is 6.20 Å². The summed E-state index contributed by atoms with van der Waals surface area (Å²) in [5.41, 5.74) is 7.62. The van der Waals surface area contributed by atoms with E-state index in [1.165, 1.54) is 6.42 Å². The van der Waals surface area contributed by atoms with Gasteiger partial charge in [-0.25, -0.2) is 0 Å². The molecule has 2 rings (SSSR count). The molecular formula is C14H19N3O. The SMILES string of the molecule is NCCCCCNc1ccc(-c2ccno2)cc1. The fourth-order valence-electron chi connectivity index (χ4n) is 1.80. The Hall–Kier alpha value is -1.81. The molecule has 1 aromatic heterocycles. The minimum Gasteiger partial charge on any atom is -0.385 e. The van der Waals surface area contributed by atoms with E-state index in [1.807, 2.05) is 18.2 Å². The standard InChI is InChI=1S/C14H19N3O/c15-9-2-1-3-10-16-13-6-4-12(5-7-13)14-8-11-17-18-14/h4-8,11,16H,1-3,9-10,15H2. The predicted octanol–water partition coefficient (Wildman–Crippen LogP) is 2.88. The summed E-state index contributed by atoms with van der Waals surface area (Å²) in [4.78, 5) is 0. The molecule has 4 nitrogen and oxygen atoms in total. The van der Waals surface area contributed by atoms with Crippen LogP contribution in [-0.2, 0) is 0 Å². The molecule has 2 aromatic rings. The van der Waals surface area contributed by atoms with E-state index >= 15 is 0 Å². The van der Waals surface area contributed by atoms with Gasteiger partial charge in [-0.15, -0.1) is 0 Å². The van der Waals surface area contributed by atoms with Gasteiger partial charge in [-0.3, -0.25) is 0 Å². The fraction of sp³-hybridized carbons (Fsp3) is 0.357. The molecule has 0 spiro atoms. The second-order valence-electron chi connectivity index (χ2n) is 4.23. The number of hydrogen-bond donors (Lipinski definition) is 2. The Morgan fingerprint density at radius 2 is 1.89 bits per heavy atom. The van der Waals surface area contributed by atoms with Crippen molar-refractivity contribution in [3.63, 3.8) is 0 Å². The first-order valence-electron chi connectivity index (χ1n) is 6.35. The number of unbranched alkanes of at least 4 members (excludes halogenated alkanes) is 2. The molecule has 0 aliphatic rings. The zero-order valence-electron chi connectivity index (χ0n) is 10.4. The average Bonchev–Trinajstić information content (AvgIpc) is 2.93. The number of benzene rings is 1. The Balaban J connectivity index is 1.81. The maximum absolute atomic E-state index is 5.45. The van der Waals surface area contributed by atoms with Gasteiger partial charge in [0.05, 0.1) is 6.20 Å². The van der Waals surface area contributed by atoms with Crippen LogP contribution in [0.1, 0.15) is 19.3 Å². The molecule has 0 aliphatic carbocycles. The van der Waals surface area contributed by atoms with Gasteiger partial charge < -0.3 is 15.6 Å². The highest BCUT2D eigenvalue weighted by atomic mass is 16.5. The minimum atomic E-state index is 0.784. The summed E-state index contributed by atoms with van der Waals surface area (Å²) in [5.74, 6) is 0.796. The van der Waals surface area contributed by atoms with E-state index in [9.17, 15) is 0 Å². The molecule has 0 radical (unpaired) electrons. The summed E-state index contributed by atoms with van der Waals surface area (Å²) in [5, 5.41) is 7.09. The van der Waals surface area contributed by atoms with Gasteiger partial charge in [0, 0.05) is 23.9 Å². The van der Waals surface area contributed by atoms with Gasteiger partial charge in [0.1, 0.15) is 0 Å². The van der Waals surface area contributed by atoms with E-state index in [0.717, 1.165) is 42.9 Å². The van der Waals surface area contributed by atoms with Crippen LogP contribution in [0, 0.1) is 0 Å². The maximum atomic E-state index is 5.45. The van der Waals surface area contributed by atoms with E-state index in [4.69, 9.17) is 10.3 Å². The van der Waals surface area contributed by atoms with Gasteiger partial charge in [0.2, 0.25) is 0 Å². The molecule has 18 heavy (non-hydrogen) atoms. The molecule has 0 bridgehead atoms. The highest BCUT2D eigenvalue weighted by Crippen LogP contribution is 2.20. The summed E-state index contributed by atoms with van der Waals surface area (Å²) in [7, 11) is 0. The average molecular weight is 245 g/mol. The summed E-state index contributed by atoms with van der Waals surface area (Å²) in [6, 6.07) is 10.0. The topological polar surface area (TPSA) is 64.1 Å². The third kappa shape index (κ3) is 3.60. The number of nitrogens with two attached hydrogens (primary N) is 1. The van der Waals surface area contributed by atoms with Crippen LogP contribution in [0.4, 0.5) is 5.69 Å². The normalized spacial score (nSPS) is 10.5. The van der Waals surface area contributed by atoms with Crippen LogP contribution in [0.25, 0.3) is 11.3 Å². The van der Waals surface area contributed by atoms with Gasteiger partial charge in [-0.05, 0) is 43.7 Å². The minimum absolute atomic E-state index is 0.784. The van der Waals surface area contributed by atoms with Gasteiger partial charge in [0.15, 0.2) is 5.76 Å². The molecule has 0 amide bonds. The van der Waals surface area contributed by atoms with Crippen LogP contribution >= 0.6 is 0 Å². The lowest BCUT2D eigenvalue weighted by atomic mass is 10.1. The van der Waals surface area contributed by atoms with Crippen molar-refractivity contribution in [2.75, 3.05) is 18.4 Å². The van der Waals surface area contributed by atoms with Gasteiger partial charge in [0.25, 0.3) is 0 Å². The molecule has 1 heterocycles. The van der Waals surface area contributed by atoms with E-state index in [-0.39, 0.29) is 0 Å². The Morgan fingerprint density at radius 1 is 1.06 bits per heavy atom.